The van der Waals surface area contributed by atoms with Crippen molar-refractivity contribution in [3.8, 4) is 29.7 Å². The molecule has 180 valence electrons. The smallest absolute Gasteiger partial charge is 0.227 e. The molecule has 6 heteroatoms. The van der Waals surface area contributed by atoms with Crippen molar-refractivity contribution < 1.29 is 14.6 Å². The van der Waals surface area contributed by atoms with Crippen molar-refractivity contribution in [2.45, 2.75) is 40.3 Å². The molecule has 0 unspecified atom stereocenters. The standard InChI is InChI=1S/C28H35N3O3/c1-6-16-33-20-25(32)18-30(17-21(2)3)19-27-23(5)29-31(24-10-8-7-9-11-24)28(27)34-26-14-12-22(4)13-15-26/h1,7-15,21,25,32H,16-20H2,2-5H3/t25-/m1/s1. The number of nitrogens with zero attached hydrogens (tertiary/aromatic N) is 3. The second-order valence-electron chi connectivity index (χ2n) is 8.99. The van der Waals surface area contributed by atoms with Gasteiger partial charge in [0, 0.05) is 19.6 Å². The molecule has 2 aromatic carbocycles. The van der Waals surface area contributed by atoms with Crippen LogP contribution in [0.25, 0.3) is 5.69 Å². The summed E-state index contributed by atoms with van der Waals surface area (Å²) < 4.78 is 13.6. The number of aliphatic hydroxyl groups excluding tert-OH is 1. The molecule has 1 aromatic heterocycles. The van der Waals surface area contributed by atoms with Crippen molar-refractivity contribution in [2.75, 3.05) is 26.3 Å². The third kappa shape index (κ3) is 7.19. The lowest BCUT2D eigenvalue weighted by molar-refractivity contribution is 0.0236. The van der Waals surface area contributed by atoms with E-state index in [-0.39, 0.29) is 13.2 Å². The number of terminal acetylenes is 1. The van der Waals surface area contributed by atoms with Gasteiger partial charge in [0.05, 0.1) is 29.7 Å². The maximum absolute atomic E-state index is 10.5. The molecular weight excluding hydrogens is 426 g/mol. The molecule has 0 aliphatic heterocycles. The van der Waals surface area contributed by atoms with Gasteiger partial charge in [0.2, 0.25) is 5.88 Å². The van der Waals surface area contributed by atoms with E-state index in [0.29, 0.717) is 24.9 Å². The van der Waals surface area contributed by atoms with Gasteiger partial charge in [0.25, 0.3) is 0 Å². The molecule has 6 nitrogen and oxygen atoms in total. The zero-order chi connectivity index (χ0) is 24.5. The Morgan fingerprint density at radius 1 is 1.06 bits per heavy atom. The van der Waals surface area contributed by atoms with Crippen molar-refractivity contribution in [2.24, 2.45) is 5.92 Å². The quantitative estimate of drug-likeness (QED) is 0.312. The number of para-hydroxylation sites is 1. The van der Waals surface area contributed by atoms with Crippen LogP contribution in [0.1, 0.15) is 30.7 Å². The number of rotatable bonds is 12. The third-order valence-corrected chi connectivity index (χ3v) is 5.34. The van der Waals surface area contributed by atoms with Gasteiger partial charge in [-0.15, -0.1) is 6.42 Å². The van der Waals surface area contributed by atoms with Crippen molar-refractivity contribution in [1.29, 1.82) is 0 Å². The van der Waals surface area contributed by atoms with E-state index in [0.717, 1.165) is 29.2 Å². The predicted octanol–water partition coefficient (Wildman–Crippen LogP) is 4.75. The number of aromatic nitrogens is 2. The second kappa shape index (κ2) is 12.4. The van der Waals surface area contributed by atoms with Gasteiger partial charge in [0.15, 0.2) is 0 Å². The highest BCUT2D eigenvalue weighted by Crippen LogP contribution is 2.32. The van der Waals surface area contributed by atoms with Crippen molar-refractivity contribution >= 4 is 0 Å². The van der Waals surface area contributed by atoms with Crippen LogP contribution in [0.4, 0.5) is 0 Å². The molecule has 0 fully saturated rings. The van der Waals surface area contributed by atoms with Gasteiger partial charge in [-0.2, -0.15) is 5.10 Å². The normalized spacial score (nSPS) is 12.2. The predicted molar refractivity (Wildman–Crippen MR) is 135 cm³/mol. The summed E-state index contributed by atoms with van der Waals surface area (Å²) in [6, 6.07) is 18.0. The molecule has 0 spiro atoms. The minimum atomic E-state index is -0.641. The van der Waals surface area contributed by atoms with Crippen LogP contribution in [0.3, 0.4) is 0 Å². The average molecular weight is 462 g/mol. The number of hydrogen-bond acceptors (Lipinski definition) is 5. The third-order valence-electron chi connectivity index (χ3n) is 5.34. The van der Waals surface area contributed by atoms with Crippen molar-refractivity contribution in [1.82, 2.24) is 14.7 Å². The molecule has 1 N–H and O–H groups in total. The van der Waals surface area contributed by atoms with E-state index in [4.69, 9.17) is 21.0 Å². The van der Waals surface area contributed by atoms with E-state index in [1.165, 1.54) is 5.56 Å². The Morgan fingerprint density at radius 2 is 1.76 bits per heavy atom. The minimum Gasteiger partial charge on any atom is -0.439 e. The van der Waals surface area contributed by atoms with Gasteiger partial charge in [-0.3, -0.25) is 4.90 Å². The maximum atomic E-state index is 10.5. The highest BCUT2D eigenvalue weighted by Gasteiger charge is 2.23. The number of benzene rings is 2. The summed E-state index contributed by atoms with van der Waals surface area (Å²) in [4.78, 5) is 2.22. The summed E-state index contributed by atoms with van der Waals surface area (Å²) in [6.45, 7) is 10.6. The zero-order valence-corrected chi connectivity index (χ0v) is 20.6. The summed E-state index contributed by atoms with van der Waals surface area (Å²) in [5, 5.41) is 15.4. The molecule has 0 amide bonds. The first kappa shape index (κ1) is 25.5. The Kier molecular flexibility index (Phi) is 9.29. The Labute approximate surface area is 203 Å². The molecular formula is C28H35N3O3. The number of hydrogen-bond donors (Lipinski definition) is 1. The number of ether oxygens (including phenoxy) is 2. The van der Waals surface area contributed by atoms with Gasteiger partial charge in [-0.05, 0) is 44.0 Å². The lowest BCUT2D eigenvalue weighted by Crippen LogP contribution is -2.37. The van der Waals surface area contributed by atoms with Crippen LogP contribution in [-0.2, 0) is 11.3 Å². The summed E-state index contributed by atoms with van der Waals surface area (Å²) in [5.74, 6) is 4.29. The van der Waals surface area contributed by atoms with E-state index in [1.54, 1.807) is 0 Å². The van der Waals surface area contributed by atoms with Crippen LogP contribution in [0, 0.1) is 32.1 Å². The second-order valence-corrected chi connectivity index (χ2v) is 8.99. The van der Waals surface area contributed by atoms with Crippen molar-refractivity contribution in [3.05, 3.63) is 71.4 Å². The SMILES string of the molecule is C#CCOC[C@H](O)CN(Cc1c(C)nn(-c2ccccc2)c1Oc1ccc(C)cc1)CC(C)C. The fourth-order valence-corrected chi connectivity index (χ4v) is 3.84. The first-order chi connectivity index (χ1) is 16.4. The first-order valence-electron chi connectivity index (χ1n) is 11.7. The summed E-state index contributed by atoms with van der Waals surface area (Å²) in [7, 11) is 0. The fraction of sp³-hybridized carbons (Fsp3) is 0.393. The van der Waals surface area contributed by atoms with E-state index in [9.17, 15) is 5.11 Å². The molecule has 1 heterocycles. The van der Waals surface area contributed by atoms with Gasteiger partial charge in [-0.1, -0.05) is 55.7 Å². The van der Waals surface area contributed by atoms with Gasteiger partial charge < -0.3 is 14.6 Å². The van der Waals surface area contributed by atoms with Gasteiger partial charge in [-0.25, -0.2) is 4.68 Å². The lowest BCUT2D eigenvalue weighted by atomic mass is 10.1. The van der Waals surface area contributed by atoms with E-state index in [1.807, 2.05) is 66.2 Å². The molecule has 1 atom stereocenters. The first-order valence-corrected chi connectivity index (χ1v) is 11.7. The number of aryl methyl sites for hydroxylation is 2. The summed E-state index contributed by atoms with van der Waals surface area (Å²) in [6.07, 6.45) is 4.61. The average Bonchev–Trinajstić information content (AvgIpc) is 3.10. The molecule has 0 bridgehead atoms. The van der Waals surface area contributed by atoms with Crippen molar-refractivity contribution in [3.63, 3.8) is 0 Å². The molecule has 34 heavy (non-hydrogen) atoms. The minimum absolute atomic E-state index is 0.193. The fourth-order valence-electron chi connectivity index (χ4n) is 3.84. The Morgan fingerprint density at radius 3 is 2.41 bits per heavy atom. The van der Waals surface area contributed by atoms with Gasteiger partial charge >= 0.3 is 0 Å². The molecule has 0 aliphatic carbocycles. The maximum Gasteiger partial charge on any atom is 0.227 e. The molecule has 0 saturated heterocycles. The highest BCUT2D eigenvalue weighted by atomic mass is 16.5. The Bertz CT molecular complexity index is 1070. The zero-order valence-electron chi connectivity index (χ0n) is 20.6. The van der Waals surface area contributed by atoms with Crippen LogP contribution in [0.5, 0.6) is 11.6 Å². The Balaban J connectivity index is 1.93. The van der Waals surface area contributed by atoms with E-state index < -0.39 is 6.10 Å². The van der Waals surface area contributed by atoms with Crippen LogP contribution in [-0.4, -0.2) is 52.2 Å². The van der Waals surface area contributed by atoms with E-state index >= 15 is 0 Å². The molecule has 0 aliphatic rings. The largest absolute Gasteiger partial charge is 0.439 e. The van der Waals surface area contributed by atoms with Crippen LogP contribution >= 0.6 is 0 Å². The molecule has 3 aromatic rings. The topological polar surface area (TPSA) is 59.8 Å². The molecule has 3 rings (SSSR count). The lowest BCUT2D eigenvalue weighted by Gasteiger charge is -2.27. The highest BCUT2D eigenvalue weighted by molar-refractivity contribution is 5.43. The van der Waals surface area contributed by atoms with E-state index in [2.05, 4.69) is 31.6 Å². The summed E-state index contributed by atoms with van der Waals surface area (Å²) >= 11 is 0. The number of aliphatic hydroxyl groups is 1. The Hall–Kier alpha value is -3.11. The van der Waals surface area contributed by atoms with Gasteiger partial charge in [0.1, 0.15) is 12.4 Å². The van der Waals surface area contributed by atoms with Crippen LogP contribution < -0.4 is 4.74 Å². The van der Waals surface area contributed by atoms with Crippen LogP contribution in [0.2, 0.25) is 0 Å². The van der Waals surface area contributed by atoms with Crippen LogP contribution in [0.15, 0.2) is 54.6 Å². The monoisotopic (exact) mass is 461 g/mol. The summed E-state index contributed by atoms with van der Waals surface area (Å²) in [5.41, 5.74) is 3.97. The molecule has 0 radical (unpaired) electrons. The molecule has 0 saturated carbocycles.